The van der Waals surface area contributed by atoms with Crippen molar-refractivity contribution in [3.05, 3.63) is 76.3 Å². The Kier molecular flexibility index (Phi) is 5.05. The molecule has 1 aliphatic rings. The minimum atomic E-state index is -0.0979. The van der Waals surface area contributed by atoms with E-state index in [9.17, 15) is 4.79 Å². The third-order valence-corrected chi connectivity index (χ3v) is 5.22. The third kappa shape index (κ3) is 3.47. The molecule has 4 rings (SSSR count). The highest BCUT2D eigenvalue weighted by atomic mass is 35.5. The Bertz CT molecular complexity index is 1000. The molecule has 0 saturated carbocycles. The number of aromatic nitrogens is 3. The molecule has 28 heavy (non-hydrogen) atoms. The molecule has 0 aliphatic carbocycles. The number of methoxy groups -OCH3 is 1. The van der Waals surface area contributed by atoms with Gasteiger partial charge in [-0.3, -0.25) is 4.79 Å². The van der Waals surface area contributed by atoms with Gasteiger partial charge in [0.25, 0.3) is 5.91 Å². The van der Waals surface area contributed by atoms with E-state index >= 15 is 0 Å². The second-order valence-electron chi connectivity index (χ2n) is 6.94. The Morgan fingerprint density at radius 2 is 2.00 bits per heavy atom. The van der Waals surface area contributed by atoms with Crippen molar-refractivity contribution < 1.29 is 9.53 Å². The molecule has 7 heteroatoms. The van der Waals surface area contributed by atoms with E-state index in [1.165, 1.54) is 12.7 Å². The number of halogens is 1. The van der Waals surface area contributed by atoms with Gasteiger partial charge in [0.2, 0.25) is 0 Å². The molecule has 0 fully saturated rings. The lowest BCUT2D eigenvalue weighted by atomic mass is 10.1. The van der Waals surface area contributed by atoms with Gasteiger partial charge in [0.1, 0.15) is 11.6 Å². The van der Waals surface area contributed by atoms with E-state index in [-0.39, 0.29) is 11.9 Å². The smallest absolute Gasteiger partial charge is 0.258 e. The summed E-state index contributed by atoms with van der Waals surface area (Å²) in [6.45, 7) is 3.08. The molecule has 0 N–H and O–H groups in total. The number of fused-ring (bicyclic) bond motifs is 1. The Balaban J connectivity index is 1.58. The third-order valence-electron chi connectivity index (χ3n) is 4.98. The Morgan fingerprint density at radius 1 is 1.21 bits per heavy atom. The minimum absolute atomic E-state index is 0.0831. The summed E-state index contributed by atoms with van der Waals surface area (Å²) in [5.74, 6) is 2.09. The highest BCUT2D eigenvalue weighted by molar-refractivity contribution is 6.30. The number of carbonyl (C=O) groups is 1. The summed E-state index contributed by atoms with van der Waals surface area (Å²) in [7, 11) is 1.54. The normalized spacial score (nSPS) is 16.0. The van der Waals surface area contributed by atoms with Gasteiger partial charge in [-0.05, 0) is 30.7 Å². The number of rotatable bonds is 4. The molecule has 0 spiro atoms. The van der Waals surface area contributed by atoms with Crippen LogP contribution in [0.2, 0.25) is 5.02 Å². The van der Waals surface area contributed by atoms with Crippen LogP contribution in [0.15, 0.2) is 48.5 Å². The van der Waals surface area contributed by atoms with Crippen LogP contribution in [0.1, 0.15) is 40.5 Å². The number of hydrogen-bond donors (Lipinski definition) is 0. The number of nitrogens with zero attached hydrogens (tertiary/aromatic N) is 4. The number of amides is 1. The molecule has 1 amide bonds. The highest BCUT2D eigenvalue weighted by Gasteiger charge is 2.30. The van der Waals surface area contributed by atoms with Gasteiger partial charge in [-0.15, -0.1) is 10.2 Å². The average molecular weight is 397 g/mol. The first-order valence-electron chi connectivity index (χ1n) is 9.16. The quantitative estimate of drug-likeness (QED) is 0.673. The highest BCUT2D eigenvalue weighted by Crippen LogP contribution is 2.28. The van der Waals surface area contributed by atoms with E-state index in [2.05, 4.69) is 33.8 Å². The molecule has 144 valence electrons. The SMILES string of the molecule is COc1cc(Cl)ccc1C(=O)N1Cc2nnc(Cc3ccccc3)n2[C@@H](C)C1. The van der Waals surface area contributed by atoms with Crippen molar-refractivity contribution in [1.29, 1.82) is 0 Å². The van der Waals surface area contributed by atoms with Crippen molar-refractivity contribution in [1.82, 2.24) is 19.7 Å². The van der Waals surface area contributed by atoms with Crippen LogP contribution in [0.5, 0.6) is 5.75 Å². The molecule has 6 nitrogen and oxygen atoms in total. The predicted octanol–water partition coefficient (Wildman–Crippen LogP) is 3.75. The van der Waals surface area contributed by atoms with Crippen molar-refractivity contribution in [2.75, 3.05) is 13.7 Å². The molecular weight excluding hydrogens is 376 g/mol. The fourth-order valence-corrected chi connectivity index (χ4v) is 3.84. The summed E-state index contributed by atoms with van der Waals surface area (Å²) in [6, 6.07) is 15.3. The van der Waals surface area contributed by atoms with Crippen LogP contribution >= 0.6 is 11.6 Å². The van der Waals surface area contributed by atoms with Gasteiger partial charge in [-0.2, -0.15) is 0 Å². The van der Waals surface area contributed by atoms with E-state index in [4.69, 9.17) is 16.3 Å². The monoisotopic (exact) mass is 396 g/mol. The standard InChI is InChI=1S/C21H21ClN4O2/c1-14-12-25(21(27)17-9-8-16(22)11-18(17)28-2)13-20-24-23-19(26(14)20)10-15-6-4-3-5-7-15/h3-9,11,14H,10,12-13H2,1-2H3/t14-/m0/s1. The fourth-order valence-electron chi connectivity index (χ4n) is 3.68. The van der Waals surface area contributed by atoms with E-state index in [1.54, 1.807) is 23.1 Å². The molecule has 0 unspecified atom stereocenters. The van der Waals surface area contributed by atoms with Gasteiger partial charge < -0.3 is 14.2 Å². The van der Waals surface area contributed by atoms with E-state index < -0.39 is 0 Å². The summed E-state index contributed by atoms with van der Waals surface area (Å²) < 4.78 is 7.49. The zero-order valence-electron chi connectivity index (χ0n) is 15.8. The first kappa shape index (κ1) is 18.5. The molecule has 1 aromatic heterocycles. The van der Waals surface area contributed by atoms with Gasteiger partial charge in [0.15, 0.2) is 5.82 Å². The van der Waals surface area contributed by atoms with Crippen LogP contribution < -0.4 is 4.74 Å². The minimum Gasteiger partial charge on any atom is -0.496 e. The summed E-state index contributed by atoms with van der Waals surface area (Å²) in [6.07, 6.45) is 0.719. The molecule has 1 atom stereocenters. The van der Waals surface area contributed by atoms with E-state index in [0.717, 1.165) is 18.1 Å². The molecule has 1 aliphatic heterocycles. The average Bonchev–Trinajstić information content (AvgIpc) is 3.11. The largest absolute Gasteiger partial charge is 0.496 e. The maximum Gasteiger partial charge on any atom is 0.258 e. The number of carbonyl (C=O) groups excluding carboxylic acids is 1. The lowest BCUT2D eigenvalue weighted by molar-refractivity contribution is 0.0676. The van der Waals surface area contributed by atoms with Gasteiger partial charge in [0, 0.05) is 18.0 Å². The molecule has 0 radical (unpaired) electrons. The molecule has 0 bridgehead atoms. The van der Waals surface area contributed by atoms with Crippen LogP contribution in [-0.4, -0.2) is 39.2 Å². The first-order chi connectivity index (χ1) is 13.6. The zero-order chi connectivity index (χ0) is 19.7. The maximum atomic E-state index is 13.1. The van der Waals surface area contributed by atoms with Crippen molar-refractivity contribution in [3.63, 3.8) is 0 Å². The van der Waals surface area contributed by atoms with Gasteiger partial charge in [0.05, 0.1) is 25.3 Å². The lowest BCUT2D eigenvalue weighted by Crippen LogP contribution is -2.41. The van der Waals surface area contributed by atoms with Gasteiger partial charge >= 0.3 is 0 Å². The zero-order valence-corrected chi connectivity index (χ0v) is 16.6. The van der Waals surface area contributed by atoms with Crippen molar-refractivity contribution >= 4 is 17.5 Å². The van der Waals surface area contributed by atoms with Gasteiger partial charge in [-0.1, -0.05) is 41.9 Å². The number of benzene rings is 2. The summed E-state index contributed by atoms with van der Waals surface area (Å²) in [4.78, 5) is 14.9. The van der Waals surface area contributed by atoms with Crippen molar-refractivity contribution in [3.8, 4) is 5.75 Å². The Morgan fingerprint density at radius 3 is 2.75 bits per heavy atom. The number of ether oxygens (including phenoxy) is 1. The molecule has 3 aromatic rings. The Labute approximate surface area is 168 Å². The maximum absolute atomic E-state index is 13.1. The molecular formula is C21H21ClN4O2. The van der Waals surface area contributed by atoms with E-state index in [1.807, 2.05) is 18.2 Å². The van der Waals surface area contributed by atoms with Crippen LogP contribution in [0, 0.1) is 0 Å². The first-order valence-corrected chi connectivity index (χ1v) is 9.54. The van der Waals surface area contributed by atoms with Crippen molar-refractivity contribution in [2.24, 2.45) is 0 Å². The second kappa shape index (κ2) is 7.64. The van der Waals surface area contributed by atoms with Crippen LogP contribution in [0.3, 0.4) is 0 Å². The second-order valence-corrected chi connectivity index (χ2v) is 7.38. The summed E-state index contributed by atoms with van der Waals surface area (Å²) in [5.41, 5.74) is 1.69. The van der Waals surface area contributed by atoms with Crippen LogP contribution in [0.4, 0.5) is 0 Å². The topological polar surface area (TPSA) is 60.2 Å². The summed E-state index contributed by atoms with van der Waals surface area (Å²) in [5, 5.41) is 9.27. The number of hydrogen-bond acceptors (Lipinski definition) is 4. The van der Waals surface area contributed by atoms with E-state index in [0.29, 0.717) is 29.4 Å². The summed E-state index contributed by atoms with van der Waals surface area (Å²) >= 11 is 6.02. The van der Waals surface area contributed by atoms with Crippen LogP contribution in [0.25, 0.3) is 0 Å². The predicted molar refractivity (Wildman–Crippen MR) is 107 cm³/mol. The lowest BCUT2D eigenvalue weighted by Gasteiger charge is -2.33. The molecule has 2 heterocycles. The van der Waals surface area contributed by atoms with Gasteiger partial charge in [-0.25, -0.2) is 0 Å². The van der Waals surface area contributed by atoms with Crippen molar-refractivity contribution in [2.45, 2.75) is 25.9 Å². The fraction of sp³-hybridized carbons (Fsp3) is 0.286. The molecule has 0 saturated heterocycles. The molecule has 2 aromatic carbocycles. The van der Waals surface area contributed by atoms with Crippen LogP contribution in [-0.2, 0) is 13.0 Å². The Hall–Kier alpha value is -2.86.